The fourth-order valence-corrected chi connectivity index (χ4v) is 3.03. The Labute approximate surface area is 128 Å². The highest BCUT2D eigenvalue weighted by molar-refractivity contribution is 7.10. The molecule has 0 saturated carbocycles. The van der Waals surface area contributed by atoms with Gasteiger partial charge in [-0.3, -0.25) is 4.79 Å². The van der Waals surface area contributed by atoms with Crippen LogP contribution in [0.3, 0.4) is 0 Å². The lowest BCUT2D eigenvalue weighted by Crippen LogP contribution is -2.41. The third-order valence-electron chi connectivity index (χ3n) is 3.33. The molecule has 1 aliphatic heterocycles. The molecule has 1 aliphatic rings. The number of amides is 1. The minimum absolute atomic E-state index is 0.0423. The molecule has 5 nitrogen and oxygen atoms in total. The molecule has 1 saturated heterocycles. The zero-order valence-electron chi connectivity index (χ0n) is 11.9. The van der Waals surface area contributed by atoms with Crippen LogP contribution in [-0.2, 0) is 4.74 Å². The Hall–Kier alpha value is -1.39. The maximum absolute atomic E-state index is 12.4. The summed E-state index contributed by atoms with van der Waals surface area (Å²) in [6.45, 7) is 2.11. The molecule has 0 bridgehead atoms. The number of piperidine rings is 1. The first-order valence-electron chi connectivity index (χ1n) is 7.03. The zero-order valence-corrected chi connectivity index (χ0v) is 12.7. The van der Waals surface area contributed by atoms with Gasteiger partial charge in [0.15, 0.2) is 0 Å². The fourth-order valence-electron chi connectivity index (χ4n) is 2.28. The zero-order chi connectivity index (χ0) is 15.1. The van der Waals surface area contributed by atoms with Crippen molar-refractivity contribution in [2.24, 2.45) is 5.73 Å². The standard InChI is InChI=1S/C15H20N2O3S/c16-5-1-2-14-10-12(11-21-14)15(19)17-6-3-13(4-7-17)20-9-8-18/h10-11,13,18H,3-9,16H2. The quantitative estimate of drug-likeness (QED) is 0.802. The number of nitrogens with zero attached hydrogens (tertiary/aromatic N) is 1. The molecule has 1 fully saturated rings. The monoisotopic (exact) mass is 308 g/mol. The average molecular weight is 308 g/mol. The first kappa shape index (κ1) is 16.0. The van der Waals surface area contributed by atoms with Crippen molar-refractivity contribution < 1.29 is 14.6 Å². The third-order valence-corrected chi connectivity index (χ3v) is 4.18. The molecule has 1 aromatic heterocycles. The van der Waals surface area contributed by atoms with Crippen molar-refractivity contribution >= 4 is 17.2 Å². The Morgan fingerprint density at radius 2 is 2.29 bits per heavy atom. The Balaban J connectivity index is 1.88. The number of thiophene rings is 1. The minimum Gasteiger partial charge on any atom is -0.394 e. The molecule has 3 N–H and O–H groups in total. The van der Waals surface area contributed by atoms with E-state index < -0.39 is 0 Å². The van der Waals surface area contributed by atoms with Crippen LogP contribution in [0, 0.1) is 11.8 Å². The molecule has 1 amide bonds. The molecule has 6 heteroatoms. The van der Waals surface area contributed by atoms with Crippen LogP contribution in [0.1, 0.15) is 28.1 Å². The van der Waals surface area contributed by atoms with Gasteiger partial charge >= 0.3 is 0 Å². The van der Waals surface area contributed by atoms with Gasteiger partial charge in [-0.25, -0.2) is 0 Å². The van der Waals surface area contributed by atoms with Crippen molar-refractivity contribution in [1.29, 1.82) is 0 Å². The van der Waals surface area contributed by atoms with Crippen LogP contribution in [0.4, 0.5) is 0 Å². The van der Waals surface area contributed by atoms with E-state index in [0.717, 1.165) is 17.7 Å². The Morgan fingerprint density at radius 1 is 1.52 bits per heavy atom. The molecule has 0 aliphatic carbocycles. The molecule has 0 aromatic carbocycles. The average Bonchev–Trinajstić information content (AvgIpc) is 2.99. The van der Waals surface area contributed by atoms with Crippen LogP contribution in [0.5, 0.6) is 0 Å². The van der Waals surface area contributed by atoms with Gasteiger partial charge in [0.1, 0.15) is 0 Å². The summed E-state index contributed by atoms with van der Waals surface area (Å²) in [5.41, 5.74) is 6.03. The second-order valence-corrected chi connectivity index (χ2v) is 5.70. The first-order valence-corrected chi connectivity index (χ1v) is 7.91. The molecule has 0 atom stereocenters. The van der Waals surface area contributed by atoms with Gasteiger partial charge in [-0.15, -0.1) is 11.3 Å². The highest BCUT2D eigenvalue weighted by Crippen LogP contribution is 2.19. The van der Waals surface area contributed by atoms with Crippen molar-refractivity contribution in [2.75, 3.05) is 32.8 Å². The van der Waals surface area contributed by atoms with Gasteiger partial charge < -0.3 is 20.5 Å². The fraction of sp³-hybridized carbons (Fsp3) is 0.533. The summed E-state index contributed by atoms with van der Waals surface area (Å²) in [5.74, 6) is 5.78. The maximum Gasteiger partial charge on any atom is 0.254 e. The van der Waals surface area contributed by atoms with E-state index in [1.54, 1.807) is 0 Å². The number of aliphatic hydroxyl groups is 1. The number of hydrogen-bond acceptors (Lipinski definition) is 5. The van der Waals surface area contributed by atoms with E-state index in [1.807, 2.05) is 16.3 Å². The predicted octanol–water partition coefficient (Wildman–Crippen LogP) is 0.672. The van der Waals surface area contributed by atoms with Crippen molar-refractivity contribution in [3.05, 3.63) is 21.9 Å². The van der Waals surface area contributed by atoms with Gasteiger partial charge in [0, 0.05) is 18.5 Å². The topological polar surface area (TPSA) is 75.8 Å². The number of aliphatic hydroxyl groups excluding tert-OH is 1. The van der Waals surface area contributed by atoms with Gasteiger partial charge in [-0.05, 0) is 18.9 Å². The Kier molecular flexibility index (Phi) is 6.21. The van der Waals surface area contributed by atoms with E-state index in [0.29, 0.717) is 31.8 Å². The summed E-state index contributed by atoms with van der Waals surface area (Å²) < 4.78 is 5.50. The van der Waals surface area contributed by atoms with Crippen molar-refractivity contribution in [1.82, 2.24) is 4.90 Å². The molecule has 2 heterocycles. The number of carbonyl (C=O) groups is 1. The number of nitrogens with two attached hydrogens (primary N) is 1. The summed E-state index contributed by atoms with van der Waals surface area (Å²) in [5, 5.41) is 10.6. The molecule has 0 radical (unpaired) electrons. The third kappa shape index (κ3) is 4.55. The van der Waals surface area contributed by atoms with E-state index >= 15 is 0 Å². The SMILES string of the molecule is NCC#Cc1cc(C(=O)N2CCC(OCCO)CC2)cs1. The summed E-state index contributed by atoms with van der Waals surface area (Å²) in [6, 6.07) is 1.82. The van der Waals surface area contributed by atoms with E-state index in [1.165, 1.54) is 11.3 Å². The van der Waals surface area contributed by atoms with E-state index in [-0.39, 0.29) is 18.6 Å². The largest absolute Gasteiger partial charge is 0.394 e. The normalized spacial score (nSPS) is 15.6. The van der Waals surface area contributed by atoms with E-state index in [9.17, 15) is 4.79 Å². The summed E-state index contributed by atoms with van der Waals surface area (Å²) in [7, 11) is 0. The summed E-state index contributed by atoms with van der Waals surface area (Å²) in [4.78, 5) is 15.1. The van der Waals surface area contributed by atoms with Crippen molar-refractivity contribution in [3.63, 3.8) is 0 Å². The number of hydrogen-bond donors (Lipinski definition) is 2. The van der Waals surface area contributed by atoms with Crippen LogP contribution >= 0.6 is 11.3 Å². The lowest BCUT2D eigenvalue weighted by atomic mass is 10.1. The summed E-state index contributed by atoms with van der Waals surface area (Å²) >= 11 is 1.46. The second-order valence-electron chi connectivity index (χ2n) is 4.79. The van der Waals surface area contributed by atoms with Gasteiger partial charge in [0.25, 0.3) is 5.91 Å². The molecular formula is C15H20N2O3S. The second kappa shape index (κ2) is 8.15. The molecule has 21 heavy (non-hydrogen) atoms. The van der Waals surface area contributed by atoms with Crippen LogP contribution in [0.25, 0.3) is 0 Å². The number of rotatable bonds is 4. The van der Waals surface area contributed by atoms with Gasteiger partial charge in [0.2, 0.25) is 0 Å². The predicted molar refractivity (Wildman–Crippen MR) is 82.2 cm³/mol. The molecule has 0 unspecified atom stereocenters. The van der Waals surface area contributed by atoms with E-state index in [2.05, 4.69) is 11.8 Å². The van der Waals surface area contributed by atoms with E-state index in [4.69, 9.17) is 15.6 Å². The Bertz CT molecular complexity index is 525. The van der Waals surface area contributed by atoms with Crippen LogP contribution in [0.15, 0.2) is 11.4 Å². The molecule has 0 spiro atoms. The number of ether oxygens (including phenoxy) is 1. The molecule has 2 rings (SSSR count). The molecular weight excluding hydrogens is 288 g/mol. The number of likely N-dealkylation sites (tertiary alicyclic amines) is 1. The minimum atomic E-state index is 0.0423. The van der Waals surface area contributed by atoms with Crippen LogP contribution in [0.2, 0.25) is 0 Å². The van der Waals surface area contributed by atoms with Gasteiger partial charge in [-0.1, -0.05) is 11.8 Å². The first-order chi connectivity index (χ1) is 10.2. The highest BCUT2D eigenvalue weighted by Gasteiger charge is 2.24. The smallest absolute Gasteiger partial charge is 0.254 e. The van der Waals surface area contributed by atoms with Gasteiger partial charge in [-0.2, -0.15) is 0 Å². The lowest BCUT2D eigenvalue weighted by molar-refractivity contribution is -0.00553. The van der Waals surface area contributed by atoms with Crippen molar-refractivity contribution in [3.8, 4) is 11.8 Å². The van der Waals surface area contributed by atoms with Crippen molar-refractivity contribution in [2.45, 2.75) is 18.9 Å². The Morgan fingerprint density at radius 3 is 2.95 bits per heavy atom. The molecule has 114 valence electrons. The number of carbonyl (C=O) groups excluding carboxylic acids is 1. The lowest BCUT2D eigenvalue weighted by Gasteiger charge is -2.31. The summed E-state index contributed by atoms with van der Waals surface area (Å²) in [6.07, 6.45) is 1.78. The van der Waals surface area contributed by atoms with Crippen LogP contribution in [-0.4, -0.2) is 54.9 Å². The highest BCUT2D eigenvalue weighted by atomic mass is 32.1. The maximum atomic E-state index is 12.4. The van der Waals surface area contributed by atoms with Crippen LogP contribution < -0.4 is 5.73 Å². The van der Waals surface area contributed by atoms with Gasteiger partial charge in [0.05, 0.1) is 36.3 Å². The molecule has 1 aromatic rings.